The van der Waals surface area contributed by atoms with Crippen molar-refractivity contribution in [2.24, 2.45) is 5.11 Å². The Bertz CT molecular complexity index is 339. The van der Waals surface area contributed by atoms with E-state index in [2.05, 4.69) is 10.0 Å². The van der Waals surface area contributed by atoms with Gasteiger partial charge in [-0.25, -0.2) is 8.78 Å². The lowest BCUT2D eigenvalue weighted by molar-refractivity contribution is 0.578. The second kappa shape index (κ2) is 5.19. The summed E-state index contributed by atoms with van der Waals surface area (Å²) in [7, 11) is 0. The van der Waals surface area contributed by atoms with Crippen molar-refractivity contribution >= 4 is 0 Å². The summed E-state index contributed by atoms with van der Waals surface area (Å²) < 4.78 is 25.4. The molecule has 0 amide bonds. The number of aryl methyl sites for hydroxylation is 1. The predicted molar refractivity (Wildman–Crippen MR) is 48.7 cm³/mol. The number of halogens is 2. The highest BCUT2D eigenvalue weighted by Crippen LogP contribution is 2.09. The predicted octanol–water partition coefficient (Wildman–Crippen LogP) is 3.21. The van der Waals surface area contributed by atoms with Crippen LogP contribution >= 0.6 is 0 Å². The van der Waals surface area contributed by atoms with Gasteiger partial charge in [-0.2, -0.15) is 0 Å². The maximum atomic E-state index is 12.7. The second-order valence-corrected chi connectivity index (χ2v) is 2.84. The fourth-order valence-electron chi connectivity index (χ4n) is 1.15. The van der Waals surface area contributed by atoms with Crippen LogP contribution in [-0.2, 0) is 6.42 Å². The number of benzene rings is 1. The molecule has 0 aliphatic carbocycles. The van der Waals surface area contributed by atoms with E-state index in [-0.39, 0.29) is 0 Å². The van der Waals surface area contributed by atoms with E-state index in [1.807, 2.05) is 0 Å². The van der Waals surface area contributed by atoms with Gasteiger partial charge in [-0.1, -0.05) is 5.11 Å². The first-order valence-electron chi connectivity index (χ1n) is 4.18. The van der Waals surface area contributed by atoms with Gasteiger partial charge >= 0.3 is 0 Å². The molecule has 0 heterocycles. The third-order valence-corrected chi connectivity index (χ3v) is 1.71. The van der Waals surface area contributed by atoms with Crippen LogP contribution in [-0.4, -0.2) is 6.54 Å². The molecule has 0 aliphatic heterocycles. The fourth-order valence-corrected chi connectivity index (χ4v) is 1.15. The molecular weight excluding hydrogens is 188 g/mol. The molecule has 0 spiro atoms. The summed E-state index contributed by atoms with van der Waals surface area (Å²) in [5.41, 5.74) is 8.57. The quantitative estimate of drug-likeness (QED) is 0.308. The standard InChI is InChI=1S/C9H9F2N3/c10-8-4-7(5-9(11)6-8)2-1-3-13-14-12/h4-6H,1-3H2. The van der Waals surface area contributed by atoms with E-state index in [1.54, 1.807) is 0 Å². The maximum Gasteiger partial charge on any atom is 0.126 e. The lowest BCUT2D eigenvalue weighted by atomic mass is 10.1. The van der Waals surface area contributed by atoms with Crippen molar-refractivity contribution in [2.75, 3.05) is 6.54 Å². The average molecular weight is 197 g/mol. The third kappa shape index (κ3) is 3.41. The molecule has 74 valence electrons. The SMILES string of the molecule is [N-]=[N+]=NCCCc1cc(F)cc(F)c1. The molecule has 0 saturated heterocycles. The molecule has 0 atom stereocenters. The fraction of sp³-hybridized carbons (Fsp3) is 0.333. The minimum Gasteiger partial charge on any atom is -0.207 e. The van der Waals surface area contributed by atoms with Crippen LogP contribution in [0, 0.1) is 11.6 Å². The Labute approximate surface area is 80.0 Å². The van der Waals surface area contributed by atoms with Crippen LogP contribution in [0.25, 0.3) is 10.4 Å². The van der Waals surface area contributed by atoms with Gasteiger partial charge in [0.1, 0.15) is 11.6 Å². The van der Waals surface area contributed by atoms with Crippen LogP contribution in [0.2, 0.25) is 0 Å². The Morgan fingerprint density at radius 1 is 1.21 bits per heavy atom. The van der Waals surface area contributed by atoms with Gasteiger partial charge in [-0.05, 0) is 36.1 Å². The van der Waals surface area contributed by atoms with Crippen LogP contribution in [0.4, 0.5) is 8.78 Å². The van der Waals surface area contributed by atoms with Gasteiger partial charge in [0.25, 0.3) is 0 Å². The second-order valence-electron chi connectivity index (χ2n) is 2.84. The van der Waals surface area contributed by atoms with E-state index in [4.69, 9.17) is 5.53 Å². The highest BCUT2D eigenvalue weighted by molar-refractivity contribution is 5.17. The molecule has 0 radical (unpaired) electrons. The first kappa shape index (κ1) is 10.5. The van der Waals surface area contributed by atoms with Crippen molar-refractivity contribution in [2.45, 2.75) is 12.8 Å². The summed E-state index contributed by atoms with van der Waals surface area (Å²) in [4.78, 5) is 2.58. The van der Waals surface area contributed by atoms with E-state index in [1.165, 1.54) is 12.1 Å². The zero-order valence-electron chi connectivity index (χ0n) is 7.45. The van der Waals surface area contributed by atoms with Crippen molar-refractivity contribution < 1.29 is 8.78 Å². The zero-order valence-corrected chi connectivity index (χ0v) is 7.45. The summed E-state index contributed by atoms with van der Waals surface area (Å²) >= 11 is 0. The third-order valence-electron chi connectivity index (χ3n) is 1.71. The number of rotatable bonds is 4. The number of hydrogen-bond donors (Lipinski definition) is 0. The lowest BCUT2D eigenvalue weighted by Gasteiger charge is -1.99. The molecule has 0 aromatic heterocycles. The van der Waals surface area contributed by atoms with Gasteiger partial charge in [0, 0.05) is 17.5 Å². The number of nitrogens with zero attached hydrogens (tertiary/aromatic N) is 3. The molecule has 0 bridgehead atoms. The molecule has 1 aromatic carbocycles. The van der Waals surface area contributed by atoms with Crippen LogP contribution in [0.15, 0.2) is 23.3 Å². The van der Waals surface area contributed by atoms with Crippen LogP contribution in [0.5, 0.6) is 0 Å². The van der Waals surface area contributed by atoms with Gasteiger partial charge in [-0.15, -0.1) is 0 Å². The van der Waals surface area contributed by atoms with Gasteiger partial charge in [-0.3, -0.25) is 0 Å². The summed E-state index contributed by atoms with van der Waals surface area (Å²) in [6.45, 7) is 0.342. The van der Waals surface area contributed by atoms with Crippen LogP contribution in [0.3, 0.4) is 0 Å². The topological polar surface area (TPSA) is 48.8 Å². The summed E-state index contributed by atoms with van der Waals surface area (Å²) in [5, 5.41) is 3.32. The minimum absolute atomic E-state index is 0.342. The molecule has 5 heteroatoms. The molecule has 3 nitrogen and oxygen atoms in total. The maximum absolute atomic E-state index is 12.7. The normalized spacial score (nSPS) is 9.57. The molecule has 14 heavy (non-hydrogen) atoms. The molecule has 1 aromatic rings. The van der Waals surface area contributed by atoms with Crippen molar-refractivity contribution in [3.8, 4) is 0 Å². The van der Waals surface area contributed by atoms with E-state index < -0.39 is 11.6 Å². The molecule has 1 rings (SSSR count). The summed E-state index contributed by atoms with van der Waals surface area (Å²) in [6.07, 6.45) is 1.10. The van der Waals surface area contributed by atoms with Crippen LogP contribution in [0.1, 0.15) is 12.0 Å². The van der Waals surface area contributed by atoms with Gasteiger partial charge in [0.15, 0.2) is 0 Å². The Morgan fingerprint density at radius 2 is 1.86 bits per heavy atom. The lowest BCUT2D eigenvalue weighted by Crippen LogP contribution is -1.91. The van der Waals surface area contributed by atoms with Gasteiger partial charge < -0.3 is 0 Å². The Balaban J connectivity index is 2.54. The van der Waals surface area contributed by atoms with Crippen molar-refractivity contribution in [3.63, 3.8) is 0 Å². The highest BCUT2D eigenvalue weighted by Gasteiger charge is 1.99. The van der Waals surface area contributed by atoms with Crippen molar-refractivity contribution in [3.05, 3.63) is 45.8 Å². The molecule has 0 N–H and O–H groups in total. The largest absolute Gasteiger partial charge is 0.207 e. The van der Waals surface area contributed by atoms with Crippen molar-refractivity contribution in [1.29, 1.82) is 0 Å². The Morgan fingerprint density at radius 3 is 2.43 bits per heavy atom. The molecule has 0 unspecified atom stereocenters. The van der Waals surface area contributed by atoms with Gasteiger partial charge in [0.2, 0.25) is 0 Å². The van der Waals surface area contributed by atoms with Gasteiger partial charge in [0.05, 0.1) is 0 Å². The highest BCUT2D eigenvalue weighted by atomic mass is 19.1. The molecule has 0 fully saturated rings. The first-order valence-corrected chi connectivity index (χ1v) is 4.18. The zero-order chi connectivity index (χ0) is 10.4. The molecule has 0 saturated carbocycles. The van der Waals surface area contributed by atoms with E-state index in [0.717, 1.165) is 6.07 Å². The summed E-state index contributed by atoms with van der Waals surface area (Å²) in [5.74, 6) is -1.16. The Kier molecular flexibility index (Phi) is 3.88. The minimum atomic E-state index is -0.580. The molecular formula is C9H9F2N3. The van der Waals surface area contributed by atoms with E-state index >= 15 is 0 Å². The van der Waals surface area contributed by atoms with E-state index in [9.17, 15) is 8.78 Å². The average Bonchev–Trinajstić information content (AvgIpc) is 2.11. The molecule has 0 aliphatic rings. The summed E-state index contributed by atoms with van der Waals surface area (Å²) in [6, 6.07) is 3.38. The Hall–Kier alpha value is -1.61. The number of hydrogen-bond acceptors (Lipinski definition) is 1. The smallest absolute Gasteiger partial charge is 0.126 e. The van der Waals surface area contributed by atoms with Crippen molar-refractivity contribution in [1.82, 2.24) is 0 Å². The number of azide groups is 1. The first-order chi connectivity index (χ1) is 6.72. The monoisotopic (exact) mass is 197 g/mol. The van der Waals surface area contributed by atoms with Crippen LogP contribution < -0.4 is 0 Å². The van der Waals surface area contributed by atoms with E-state index in [0.29, 0.717) is 24.9 Å².